The quantitative estimate of drug-likeness (QED) is 0.777. The van der Waals surface area contributed by atoms with Gasteiger partial charge in [-0.2, -0.15) is 0 Å². The van der Waals surface area contributed by atoms with Gasteiger partial charge in [0.05, 0.1) is 4.91 Å². The Bertz CT molecular complexity index is 810. The number of benzene rings is 1. The van der Waals surface area contributed by atoms with E-state index in [1.165, 1.54) is 7.05 Å². The molecule has 6 heteroatoms. The second kappa shape index (κ2) is 5.66. The van der Waals surface area contributed by atoms with Crippen molar-refractivity contribution in [3.8, 4) is 5.69 Å². The van der Waals surface area contributed by atoms with Crippen molar-refractivity contribution >= 4 is 40.6 Å². The molecule has 0 atom stereocenters. The first-order valence-electron chi connectivity index (χ1n) is 6.63. The van der Waals surface area contributed by atoms with Gasteiger partial charge in [-0.05, 0) is 54.6 Å². The molecule has 0 saturated carbocycles. The zero-order valence-electron chi connectivity index (χ0n) is 12.0. The molecule has 1 aromatic heterocycles. The molecule has 1 aromatic carbocycles. The molecule has 22 heavy (non-hydrogen) atoms. The summed E-state index contributed by atoms with van der Waals surface area (Å²) in [6.07, 6.45) is 3.62. The molecule has 3 rings (SSSR count). The summed E-state index contributed by atoms with van der Waals surface area (Å²) < 4.78 is 1.93. The fourth-order valence-electron chi connectivity index (χ4n) is 2.16. The lowest BCUT2D eigenvalue weighted by atomic mass is 10.2. The molecule has 1 aliphatic rings. The van der Waals surface area contributed by atoms with Crippen LogP contribution in [0.4, 0.5) is 4.79 Å². The van der Waals surface area contributed by atoms with Crippen LogP contribution in [0.25, 0.3) is 11.8 Å². The van der Waals surface area contributed by atoms with E-state index in [2.05, 4.69) is 0 Å². The predicted molar refractivity (Wildman–Crippen MR) is 89.3 cm³/mol. The number of rotatable bonds is 2. The van der Waals surface area contributed by atoms with Gasteiger partial charge in [0.1, 0.15) is 0 Å². The fraction of sp³-hybridized carbons (Fsp3) is 0.125. The van der Waals surface area contributed by atoms with Crippen molar-refractivity contribution in [2.24, 2.45) is 0 Å². The van der Waals surface area contributed by atoms with E-state index in [9.17, 15) is 9.59 Å². The third-order valence-corrected chi connectivity index (χ3v) is 4.85. The smallest absolute Gasteiger partial charge is 0.293 e. The fourth-order valence-corrected chi connectivity index (χ4v) is 3.15. The van der Waals surface area contributed by atoms with E-state index in [4.69, 9.17) is 11.6 Å². The van der Waals surface area contributed by atoms with Crippen LogP contribution < -0.4 is 0 Å². The van der Waals surface area contributed by atoms with Crippen LogP contribution in [0.1, 0.15) is 11.3 Å². The van der Waals surface area contributed by atoms with Gasteiger partial charge in [-0.1, -0.05) is 17.7 Å². The van der Waals surface area contributed by atoms with Gasteiger partial charge < -0.3 is 4.57 Å². The predicted octanol–water partition coefficient (Wildman–Crippen LogP) is 4.11. The Kier molecular flexibility index (Phi) is 3.85. The lowest BCUT2D eigenvalue weighted by molar-refractivity contribution is -0.121. The number of likely N-dealkylation sites (N-methyl/N-ethyl adjacent to an activating group) is 1. The SMILES string of the molecule is Cc1ccc(-n2cccc2/C=C2/SC(=O)N(C)C2=O)cc1Cl. The number of nitrogens with zero attached hydrogens (tertiary/aromatic N) is 2. The third kappa shape index (κ3) is 2.58. The number of carbonyl (C=O) groups is 2. The molecule has 2 aromatic rings. The maximum absolute atomic E-state index is 12.0. The number of amides is 2. The number of hydrogen-bond acceptors (Lipinski definition) is 3. The average molecular weight is 333 g/mol. The van der Waals surface area contributed by atoms with Crippen molar-refractivity contribution < 1.29 is 9.59 Å². The second-order valence-corrected chi connectivity index (χ2v) is 6.38. The van der Waals surface area contributed by atoms with Gasteiger partial charge in [0.25, 0.3) is 11.1 Å². The van der Waals surface area contributed by atoms with E-state index < -0.39 is 0 Å². The van der Waals surface area contributed by atoms with Crippen molar-refractivity contribution in [2.45, 2.75) is 6.92 Å². The van der Waals surface area contributed by atoms with Crippen LogP contribution in [0.15, 0.2) is 41.4 Å². The molecular weight excluding hydrogens is 320 g/mol. The second-order valence-electron chi connectivity index (χ2n) is 4.98. The molecule has 1 aliphatic heterocycles. The molecule has 0 radical (unpaired) electrons. The summed E-state index contributed by atoms with van der Waals surface area (Å²) in [5, 5.41) is 0.429. The highest BCUT2D eigenvalue weighted by Gasteiger charge is 2.31. The van der Waals surface area contributed by atoms with Crippen LogP contribution in [0.3, 0.4) is 0 Å². The van der Waals surface area contributed by atoms with Crippen LogP contribution in [-0.4, -0.2) is 27.7 Å². The number of carbonyl (C=O) groups excluding carboxylic acids is 2. The topological polar surface area (TPSA) is 42.3 Å². The summed E-state index contributed by atoms with van der Waals surface area (Å²) in [7, 11) is 1.48. The van der Waals surface area contributed by atoms with Gasteiger partial charge in [0.15, 0.2) is 0 Å². The molecular formula is C16H13ClN2O2S. The number of hydrogen-bond donors (Lipinski definition) is 0. The maximum atomic E-state index is 12.0. The summed E-state index contributed by atoms with van der Waals surface area (Å²) >= 11 is 7.13. The summed E-state index contributed by atoms with van der Waals surface area (Å²) in [5.41, 5.74) is 2.73. The molecule has 2 amide bonds. The molecule has 1 saturated heterocycles. The summed E-state index contributed by atoms with van der Waals surface area (Å²) in [6, 6.07) is 9.55. The number of imide groups is 1. The van der Waals surface area contributed by atoms with Crippen LogP contribution in [0.5, 0.6) is 0 Å². The summed E-state index contributed by atoms with van der Waals surface area (Å²) in [6.45, 7) is 1.94. The van der Waals surface area contributed by atoms with Gasteiger partial charge in [0, 0.05) is 29.6 Å². The lowest BCUT2D eigenvalue weighted by Gasteiger charge is -2.09. The maximum Gasteiger partial charge on any atom is 0.293 e. The van der Waals surface area contributed by atoms with Crippen LogP contribution in [-0.2, 0) is 4.79 Å². The van der Waals surface area contributed by atoms with Crippen LogP contribution >= 0.6 is 23.4 Å². The Labute approximate surface area is 137 Å². The van der Waals surface area contributed by atoms with Crippen molar-refractivity contribution in [1.82, 2.24) is 9.47 Å². The van der Waals surface area contributed by atoms with E-state index in [1.54, 1.807) is 6.08 Å². The standard InChI is InChI=1S/C16H13ClN2O2S/c1-10-5-6-12(8-13(10)17)19-7-3-4-11(19)9-14-15(20)18(2)16(21)22-14/h3-9H,1-2H3/b14-9+. The Balaban J connectivity index is 2.01. The molecule has 1 fully saturated rings. The molecule has 2 heterocycles. The molecule has 0 spiro atoms. The highest BCUT2D eigenvalue weighted by molar-refractivity contribution is 8.18. The Morgan fingerprint density at radius 3 is 2.64 bits per heavy atom. The average Bonchev–Trinajstić information content (AvgIpc) is 3.04. The van der Waals surface area contributed by atoms with Crippen molar-refractivity contribution in [3.63, 3.8) is 0 Å². The largest absolute Gasteiger partial charge is 0.317 e. The first-order valence-corrected chi connectivity index (χ1v) is 7.82. The highest BCUT2D eigenvalue weighted by Crippen LogP contribution is 2.31. The minimum atomic E-state index is -0.273. The Morgan fingerprint density at radius 2 is 2.00 bits per heavy atom. The van der Waals surface area contributed by atoms with Crippen LogP contribution in [0, 0.1) is 6.92 Å². The lowest BCUT2D eigenvalue weighted by Crippen LogP contribution is -2.22. The van der Waals surface area contributed by atoms with Crippen molar-refractivity contribution in [3.05, 3.63) is 57.7 Å². The first-order chi connectivity index (χ1) is 10.5. The van der Waals surface area contributed by atoms with Crippen molar-refractivity contribution in [1.29, 1.82) is 0 Å². The van der Waals surface area contributed by atoms with Gasteiger partial charge in [-0.15, -0.1) is 0 Å². The molecule has 0 aliphatic carbocycles. The minimum Gasteiger partial charge on any atom is -0.317 e. The van der Waals surface area contributed by atoms with E-state index in [1.807, 2.05) is 48.0 Å². The van der Waals surface area contributed by atoms with Crippen LogP contribution in [0.2, 0.25) is 5.02 Å². The normalized spacial score (nSPS) is 16.9. The number of aryl methyl sites for hydroxylation is 1. The zero-order chi connectivity index (χ0) is 15.9. The molecule has 0 unspecified atom stereocenters. The molecule has 0 N–H and O–H groups in total. The molecule has 112 valence electrons. The van der Waals surface area contributed by atoms with Gasteiger partial charge in [-0.25, -0.2) is 0 Å². The van der Waals surface area contributed by atoms with E-state index in [-0.39, 0.29) is 11.1 Å². The number of halogens is 1. The van der Waals surface area contributed by atoms with Gasteiger partial charge in [-0.3, -0.25) is 14.5 Å². The zero-order valence-corrected chi connectivity index (χ0v) is 13.6. The molecule has 4 nitrogen and oxygen atoms in total. The van der Waals surface area contributed by atoms with Gasteiger partial charge in [0.2, 0.25) is 0 Å². The van der Waals surface area contributed by atoms with E-state index >= 15 is 0 Å². The summed E-state index contributed by atoms with van der Waals surface area (Å²) in [5.74, 6) is -0.273. The monoisotopic (exact) mass is 332 g/mol. The van der Waals surface area contributed by atoms with Gasteiger partial charge >= 0.3 is 0 Å². The van der Waals surface area contributed by atoms with Crippen molar-refractivity contribution in [2.75, 3.05) is 7.05 Å². The highest BCUT2D eigenvalue weighted by atomic mass is 35.5. The number of thioether (sulfide) groups is 1. The Morgan fingerprint density at radius 1 is 1.23 bits per heavy atom. The van der Waals surface area contributed by atoms with E-state index in [0.29, 0.717) is 9.93 Å². The third-order valence-electron chi connectivity index (χ3n) is 3.48. The molecule has 0 bridgehead atoms. The Hall–Kier alpha value is -1.98. The summed E-state index contributed by atoms with van der Waals surface area (Å²) in [4.78, 5) is 25.1. The first kappa shape index (κ1) is 14.9. The minimum absolute atomic E-state index is 0.257. The van der Waals surface area contributed by atoms with E-state index in [0.717, 1.165) is 33.6 Å². The number of aromatic nitrogens is 1.